The molecule has 1 fully saturated rings. The van der Waals surface area contributed by atoms with E-state index in [4.69, 9.17) is 4.42 Å². The lowest BCUT2D eigenvalue weighted by atomic mass is 10.1. The molecule has 0 radical (unpaired) electrons. The van der Waals surface area contributed by atoms with E-state index in [0.717, 1.165) is 23.7 Å². The Bertz CT molecular complexity index is 596. The zero-order valence-corrected chi connectivity index (χ0v) is 12.7. The average Bonchev–Trinajstić information content (AvgIpc) is 3.18. The van der Waals surface area contributed by atoms with Crippen molar-refractivity contribution in [3.63, 3.8) is 0 Å². The zero-order chi connectivity index (χ0) is 14.7. The minimum atomic E-state index is -0.161. The standard InChI is InChI=1S/C14H18N4O2S/c1-15-13(19)11-7-16-4-5-18(11)8-10-9-20-14(17-10)12-3-2-6-21-12/h2-3,6,9,11,16H,4-5,7-8H2,1H3,(H,15,19). The Morgan fingerprint density at radius 2 is 2.57 bits per heavy atom. The summed E-state index contributed by atoms with van der Waals surface area (Å²) in [6.45, 7) is 2.98. The summed E-state index contributed by atoms with van der Waals surface area (Å²) in [5.41, 5.74) is 0.856. The number of oxazole rings is 1. The predicted molar refractivity (Wildman–Crippen MR) is 81.0 cm³/mol. The Hall–Kier alpha value is -1.70. The van der Waals surface area contributed by atoms with E-state index in [-0.39, 0.29) is 11.9 Å². The SMILES string of the molecule is CNC(=O)C1CNCCN1Cc1coc(-c2cccs2)n1. The van der Waals surface area contributed by atoms with Gasteiger partial charge in [0, 0.05) is 33.2 Å². The van der Waals surface area contributed by atoms with Crippen molar-refractivity contribution in [3.05, 3.63) is 29.5 Å². The van der Waals surface area contributed by atoms with Crippen LogP contribution in [0.4, 0.5) is 0 Å². The first-order valence-corrected chi connectivity index (χ1v) is 7.80. The van der Waals surface area contributed by atoms with Crippen molar-refractivity contribution in [2.75, 3.05) is 26.7 Å². The molecule has 0 saturated carbocycles. The van der Waals surface area contributed by atoms with E-state index in [2.05, 4.69) is 20.5 Å². The van der Waals surface area contributed by atoms with Crippen LogP contribution in [-0.4, -0.2) is 48.5 Å². The van der Waals surface area contributed by atoms with Gasteiger partial charge >= 0.3 is 0 Å². The number of carbonyl (C=O) groups is 1. The van der Waals surface area contributed by atoms with Gasteiger partial charge in [0.05, 0.1) is 10.6 Å². The molecule has 7 heteroatoms. The number of aromatic nitrogens is 1. The molecule has 1 aliphatic rings. The number of carbonyl (C=O) groups excluding carboxylic acids is 1. The Morgan fingerprint density at radius 1 is 1.67 bits per heavy atom. The van der Waals surface area contributed by atoms with Gasteiger partial charge in [-0.05, 0) is 11.4 Å². The molecule has 0 bridgehead atoms. The van der Waals surface area contributed by atoms with E-state index < -0.39 is 0 Å². The molecule has 0 aromatic carbocycles. The second kappa shape index (κ2) is 6.38. The molecule has 6 nitrogen and oxygen atoms in total. The third kappa shape index (κ3) is 3.15. The quantitative estimate of drug-likeness (QED) is 0.879. The number of nitrogens with one attached hydrogen (secondary N) is 2. The fraction of sp³-hybridized carbons (Fsp3) is 0.429. The molecule has 1 unspecified atom stereocenters. The first-order valence-electron chi connectivity index (χ1n) is 6.92. The molecule has 3 heterocycles. The maximum atomic E-state index is 11.9. The van der Waals surface area contributed by atoms with Crippen LogP contribution in [0.5, 0.6) is 0 Å². The first kappa shape index (κ1) is 14.2. The zero-order valence-electron chi connectivity index (χ0n) is 11.8. The third-order valence-electron chi connectivity index (χ3n) is 3.55. The fourth-order valence-electron chi connectivity index (χ4n) is 2.46. The van der Waals surface area contributed by atoms with E-state index >= 15 is 0 Å². The van der Waals surface area contributed by atoms with E-state index in [0.29, 0.717) is 19.0 Å². The normalized spacial score (nSPS) is 19.6. The monoisotopic (exact) mass is 306 g/mol. The lowest BCUT2D eigenvalue weighted by Gasteiger charge is -2.34. The van der Waals surface area contributed by atoms with Crippen molar-refractivity contribution in [2.45, 2.75) is 12.6 Å². The molecule has 0 spiro atoms. The van der Waals surface area contributed by atoms with Gasteiger partial charge in [-0.3, -0.25) is 9.69 Å². The second-order valence-electron chi connectivity index (χ2n) is 4.93. The molecular formula is C14H18N4O2S. The summed E-state index contributed by atoms with van der Waals surface area (Å²) in [5.74, 6) is 0.677. The minimum absolute atomic E-state index is 0.0316. The number of piperazine rings is 1. The smallest absolute Gasteiger partial charge is 0.238 e. The summed E-state index contributed by atoms with van der Waals surface area (Å²) in [6, 6.07) is 3.80. The molecular weight excluding hydrogens is 288 g/mol. The number of amides is 1. The van der Waals surface area contributed by atoms with Crippen molar-refractivity contribution in [2.24, 2.45) is 0 Å². The first-order chi connectivity index (χ1) is 10.3. The Labute approximate surface area is 127 Å². The molecule has 1 amide bonds. The molecule has 2 aromatic heterocycles. The van der Waals surface area contributed by atoms with E-state index in [1.54, 1.807) is 24.6 Å². The van der Waals surface area contributed by atoms with E-state index in [1.165, 1.54) is 0 Å². The molecule has 1 aliphatic heterocycles. The molecule has 0 aliphatic carbocycles. The van der Waals surface area contributed by atoms with E-state index in [1.807, 2.05) is 17.5 Å². The molecule has 3 rings (SSSR count). The van der Waals surface area contributed by atoms with Gasteiger partial charge in [0.2, 0.25) is 11.8 Å². The minimum Gasteiger partial charge on any atom is -0.444 e. The summed E-state index contributed by atoms with van der Waals surface area (Å²) in [7, 11) is 1.67. The van der Waals surface area contributed by atoms with Crippen molar-refractivity contribution < 1.29 is 9.21 Å². The van der Waals surface area contributed by atoms with Gasteiger partial charge in [-0.15, -0.1) is 11.3 Å². The van der Waals surface area contributed by atoms with Crippen LogP contribution in [0.25, 0.3) is 10.8 Å². The lowest BCUT2D eigenvalue weighted by Crippen LogP contribution is -2.56. The van der Waals surface area contributed by atoms with Crippen LogP contribution in [0.3, 0.4) is 0 Å². The molecule has 21 heavy (non-hydrogen) atoms. The Kier molecular flexibility index (Phi) is 4.33. The van der Waals surface area contributed by atoms with Crippen LogP contribution in [0, 0.1) is 0 Å². The summed E-state index contributed by atoms with van der Waals surface area (Å²) in [4.78, 5) is 19.6. The summed E-state index contributed by atoms with van der Waals surface area (Å²) in [5, 5.41) is 7.96. The van der Waals surface area contributed by atoms with Crippen LogP contribution in [0.1, 0.15) is 5.69 Å². The van der Waals surface area contributed by atoms with Crippen molar-refractivity contribution >= 4 is 17.2 Å². The molecule has 1 saturated heterocycles. The number of likely N-dealkylation sites (N-methyl/N-ethyl adjacent to an activating group) is 1. The van der Waals surface area contributed by atoms with Crippen LogP contribution in [0.15, 0.2) is 28.2 Å². The highest BCUT2D eigenvalue weighted by Gasteiger charge is 2.28. The van der Waals surface area contributed by atoms with Crippen LogP contribution < -0.4 is 10.6 Å². The van der Waals surface area contributed by atoms with Gasteiger partial charge in [0.15, 0.2) is 0 Å². The van der Waals surface area contributed by atoms with Crippen LogP contribution in [-0.2, 0) is 11.3 Å². The summed E-state index contributed by atoms with van der Waals surface area (Å²) >= 11 is 1.60. The van der Waals surface area contributed by atoms with Gasteiger partial charge in [0.1, 0.15) is 12.3 Å². The number of thiophene rings is 1. The number of nitrogens with zero attached hydrogens (tertiary/aromatic N) is 2. The average molecular weight is 306 g/mol. The van der Waals surface area contributed by atoms with Crippen molar-refractivity contribution in [1.29, 1.82) is 0 Å². The largest absolute Gasteiger partial charge is 0.444 e. The highest BCUT2D eigenvalue weighted by Crippen LogP contribution is 2.24. The lowest BCUT2D eigenvalue weighted by molar-refractivity contribution is -0.126. The number of hydrogen-bond donors (Lipinski definition) is 2. The van der Waals surface area contributed by atoms with Crippen molar-refractivity contribution in [3.8, 4) is 10.8 Å². The summed E-state index contributed by atoms with van der Waals surface area (Å²) in [6.07, 6.45) is 1.68. The maximum absolute atomic E-state index is 11.9. The Morgan fingerprint density at radius 3 is 3.33 bits per heavy atom. The van der Waals surface area contributed by atoms with Gasteiger partial charge in [-0.2, -0.15) is 0 Å². The molecule has 2 N–H and O–H groups in total. The van der Waals surface area contributed by atoms with Gasteiger partial charge in [-0.25, -0.2) is 4.98 Å². The van der Waals surface area contributed by atoms with Crippen LogP contribution >= 0.6 is 11.3 Å². The third-order valence-corrected chi connectivity index (χ3v) is 4.41. The summed E-state index contributed by atoms with van der Waals surface area (Å²) < 4.78 is 5.53. The predicted octanol–water partition coefficient (Wildman–Crippen LogP) is 0.923. The molecule has 112 valence electrons. The fourth-order valence-corrected chi connectivity index (χ4v) is 3.12. The van der Waals surface area contributed by atoms with Gasteiger partial charge in [0.25, 0.3) is 0 Å². The topological polar surface area (TPSA) is 70.4 Å². The molecule has 2 aromatic rings. The van der Waals surface area contributed by atoms with E-state index in [9.17, 15) is 4.79 Å². The van der Waals surface area contributed by atoms with Gasteiger partial charge in [-0.1, -0.05) is 6.07 Å². The number of hydrogen-bond acceptors (Lipinski definition) is 6. The molecule has 1 atom stereocenters. The van der Waals surface area contributed by atoms with Crippen LogP contribution in [0.2, 0.25) is 0 Å². The maximum Gasteiger partial charge on any atom is 0.238 e. The Balaban J connectivity index is 1.71. The highest BCUT2D eigenvalue weighted by atomic mass is 32.1. The highest BCUT2D eigenvalue weighted by molar-refractivity contribution is 7.13. The van der Waals surface area contributed by atoms with Gasteiger partial charge < -0.3 is 15.1 Å². The number of rotatable bonds is 4. The van der Waals surface area contributed by atoms with Crippen molar-refractivity contribution in [1.82, 2.24) is 20.5 Å². The second-order valence-corrected chi connectivity index (χ2v) is 5.87.